The zero-order valence-electron chi connectivity index (χ0n) is 11.1. The molecule has 2 aromatic carbocycles. The average molecular weight is 311 g/mol. The summed E-state index contributed by atoms with van der Waals surface area (Å²) in [7, 11) is 0. The van der Waals surface area contributed by atoms with E-state index in [1.54, 1.807) is 11.3 Å². The smallest absolute Gasteiger partial charge is 0.124 e. The third-order valence-corrected chi connectivity index (χ3v) is 4.27. The van der Waals surface area contributed by atoms with Gasteiger partial charge < -0.3 is 0 Å². The summed E-state index contributed by atoms with van der Waals surface area (Å²) in [6.45, 7) is 0. The molecule has 0 spiro atoms. The standard InChI is InChI=1S/C17H11ClN2S/c18-15-7-5-14(6-8-15)17-20-16(11-21-17)13-3-1-12(2-4-13)9-10-19/h1-8,11H,9H2. The van der Waals surface area contributed by atoms with Gasteiger partial charge in [-0.3, -0.25) is 0 Å². The van der Waals surface area contributed by atoms with Gasteiger partial charge in [0.1, 0.15) is 5.01 Å². The van der Waals surface area contributed by atoms with Crippen molar-refractivity contribution in [3.63, 3.8) is 0 Å². The van der Waals surface area contributed by atoms with Gasteiger partial charge in [0.05, 0.1) is 18.2 Å². The molecule has 1 heterocycles. The molecule has 3 rings (SSSR count). The molecule has 0 N–H and O–H groups in total. The van der Waals surface area contributed by atoms with E-state index in [2.05, 4.69) is 11.1 Å². The van der Waals surface area contributed by atoms with E-state index in [4.69, 9.17) is 16.9 Å². The Hall–Kier alpha value is -2.15. The lowest BCUT2D eigenvalue weighted by molar-refractivity contribution is 1.26. The number of hydrogen-bond donors (Lipinski definition) is 0. The molecular weight excluding hydrogens is 300 g/mol. The first-order valence-electron chi connectivity index (χ1n) is 6.44. The molecule has 0 aliphatic rings. The third-order valence-electron chi connectivity index (χ3n) is 3.13. The largest absolute Gasteiger partial charge is 0.236 e. The van der Waals surface area contributed by atoms with Crippen LogP contribution in [0.1, 0.15) is 5.56 Å². The van der Waals surface area contributed by atoms with E-state index < -0.39 is 0 Å². The highest BCUT2D eigenvalue weighted by Crippen LogP contribution is 2.29. The Morgan fingerprint density at radius 2 is 1.67 bits per heavy atom. The molecule has 0 fully saturated rings. The van der Waals surface area contributed by atoms with Gasteiger partial charge in [-0.05, 0) is 17.7 Å². The van der Waals surface area contributed by atoms with Crippen LogP contribution in [0.4, 0.5) is 0 Å². The van der Waals surface area contributed by atoms with Gasteiger partial charge in [-0.1, -0.05) is 48.0 Å². The lowest BCUT2D eigenvalue weighted by atomic mass is 10.1. The number of halogens is 1. The van der Waals surface area contributed by atoms with Gasteiger partial charge in [0.15, 0.2) is 0 Å². The monoisotopic (exact) mass is 310 g/mol. The minimum Gasteiger partial charge on any atom is -0.236 e. The predicted octanol–water partition coefficient (Wildman–Crippen LogP) is 5.20. The first kappa shape index (κ1) is 13.8. The van der Waals surface area contributed by atoms with E-state index in [1.165, 1.54) is 0 Å². The Kier molecular flexibility index (Phi) is 4.01. The van der Waals surface area contributed by atoms with E-state index in [9.17, 15) is 0 Å². The van der Waals surface area contributed by atoms with Crippen LogP contribution in [0.2, 0.25) is 5.02 Å². The molecule has 0 unspecified atom stereocenters. The quantitative estimate of drug-likeness (QED) is 0.667. The first-order chi connectivity index (χ1) is 10.3. The third kappa shape index (κ3) is 3.13. The summed E-state index contributed by atoms with van der Waals surface area (Å²) >= 11 is 7.51. The summed E-state index contributed by atoms with van der Waals surface area (Å²) in [6, 6.07) is 17.8. The number of hydrogen-bond acceptors (Lipinski definition) is 3. The second-order valence-corrected chi connectivity index (χ2v) is 5.87. The van der Waals surface area contributed by atoms with Crippen molar-refractivity contribution in [2.75, 3.05) is 0 Å². The highest BCUT2D eigenvalue weighted by atomic mass is 35.5. The number of nitrogens with zero attached hydrogens (tertiary/aromatic N) is 2. The molecule has 1 aromatic heterocycles. The SMILES string of the molecule is N#CCc1ccc(-c2csc(-c3ccc(Cl)cc3)n2)cc1. The van der Waals surface area contributed by atoms with Crippen LogP contribution in [0.25, 0.3) is 21.8 Å². The van der Waals surface area contributed by atoms with Gasteiger partial charge in [-0.25, -0.2) is 4.98 Å². The van der Waals surface area contributed by atoms with Crippen molar-refractivity contribution in [2.45, 2.75) is 6.42 Å². The molecule has 21 heavy (non-hydrogen) atoms. The van der Waals surface area contributed by atoms with Crippen LogP contribution in [0.5, 0.6) is 0 Å². The average Bonchev–Trinajstić information content (AvgIpc) is 2.99. The van der Waals surface area contributed by atoms with Gasteiger partial charge in [0.2, 0.25) is 0 Å². The van der Waals surface area contributed by atoms with Gasteiger partial charge in [0, 0.05) is 21.5 Å². The van der Waals surface area contributed by atoms with E-state index in [-0.39, 0.29) is 0 Å². The summed E-state index contributed by atoms with van der Waals surface area (Å²) in [4.78, 5) is 4.67. The van der Waals surface area contributed by atoms with Gasteiger partial charge in [-0.2, -0.15) is 5.26 Å². The maximum atomic E-state index is 8.68. The van der Waals surface area contributed by atoms with Crippen LogP contribution in [0.3, 0.4) is 0 Å². The highest BCUT2D eigenvalue weighted by molar-refractivity contribution is 7.13. The lowest BCUT2D eigenvalue weighted by Gasteiger charge is -1.99. The fraction of sp³-hybridized carbons (Fsp3) is 0.0588. The summed E-state index contributed by atoms with van der Waals surface area (Å²) < 4.78 is 0. The summed E-state index contributed by atoms with van der Waals surface area (Å²) in [6.07, 6.45) is 0.438. The fourth-order valence-corrected chi connectivity index (χ4v) is 2.98. The Bertz CT molecular complexity index is 783. The van der Waals surface area contributed by atoms with E-state index in [0.717, 1.165) is 32.4 Å². The van der Waals surface area contributed by atoms with E-state index in [0.29, 0.717) is 6.42 Å². The zero-order valence-corrected chi connectivity index (χ0v) is 12.7. The van der Waals surface area contributed by atoms with Crippen LogP contribution >= 0.6 is 22.9 Å². The maximum Gasteiger partial charge on any atom is 0.124 e. The van der Waals surface area contributed by atoms with Gasteiger partial charge >= 0.3 is 0 Å². The number of aromatic nitrogens is 1. The molecule has 0 saturated carbocycles. The maximum absolute atomic E-state index is 8.68. The first-order valence-corrected chi connectivity index (χ1v) is 7.70. The summed E-state index contributed by atoms with van der Waals surface area (Å²) in [5, 5.41) is 12.4. The van der Waals surface area contributed by atoms with Crippen molar-refractivity contribution in [1.29, 1.82) is 5.26 Å². The number of benzene rings is 2. The second kappa shape index (κ2) is 6.09. The number of rotatable bonds is 3. The van der Waals surface area contributed by atoms with Crippen molar-refractivity contribution in [3.8, 4) is 27.9 Å². The van der Waals surface area contributed by atoms with Crippen molar-refractivity contribution in [1.82, 2.24) is 4.98 Å². The van der Waals surface area contributed by atoms with E-state index >= 15 is 0 Å². The molecule has 2 nitrogen and oxygen atoms in total. The zero-order chi connectivity index (χ0) is 14.7. The topological polar surface area (TPSA) is 36.7 Å². The fourth-order valence-electron chi connectivity index (χ4n) is 2.02. The molecule has 0 bridgehead atoms. The van der Waals surface area contributed by atoms with Crippen molar-refractivity contribution >= 4 is 22.9 Å². The Morgan fingerprint density at radius 3 is 2.33 bits per heavy atom. The molecule has 0 aliphatic carbocycles. The Balaban J connectivity index is 1.87. The molecule has 4 heteroatoms. The normalized spacial score (nSPS) is 10.3. The van der Waals surface area contributed by atoms with Crippen molar-refractivity contribution < 1.29 is 0 Å². The molecule has 3 aromatic rings. The van der Waals surface area contributed by atoms with Crippen LogP contribution < -0.4 is 0 Å². The van der Waals surface area contributed by atoms with Gasteiger partial charge in [0.25, 0.3) is 0 Å². The van der Waals surface area contributed by atoms with Crippen LogP contribution in [0, 0.1) is 11.3 Å². The van der Waals surface area contributed by atoms with Crippen LogP contribution in [-0.2, 0) is 6.42 Å². The molecule has 102 valence electrons. The Labute approximate surface area is 132 Å². The molecular formula is C17H11ClN2S. The van der Waals surface area contributed by atoms with Crippen molar-refractivity contribution in [3.05, 3.63) is 64.5 Å². The lowest BCUT2D eigenvalue weighted by Crippen LogP contribution is -1.83. The highest BCUT2D eigenvalue weighted by Gasteiger charge is 2.06. The molecule has 0 atom stereocenters. The van der Waals surface area contributed by atoms with E-state index in [1.807, 2.05) is 53.9 Å². The minimum atomic E-state index is 0.438. The second-order valence-electron chi connectivity index (χ2n) is 4.58. The van der Waals surface area contributed by atoms with Crippen molar-refractivity contribution in [2.24, 2.45) is 0 Å². The molecule has 0 aliphatic heterocycles. The van der Waals surface area contributed by atoms with Crippen LogP contribution in [-0.4, -0.2) is 4.98 Å². The molecule has 0 amide bonds. The molecule has 0 radical (unpaired) electrons. The molecule has 0 saturated heterocycles. The van der Waals surface area contributed by atoms with Gasteiger partial charge in [-0.15, -0.1) is 11.3 Å². The summed E-state index contributed by atoms with van der Waals surface area (Å²) in [5.41, 5.74) is 4.10. The van der Waals surface area contributed by atoms with Crippen LogP contribution in [0.15, 0.2) is 53.9 Å². The minimum absolute atomic E-state index is 0.438. The predicted molar refractivity (Wildman–Crippen MR) is 87.3 cm³/mol. The number of thiazole rings is 1. The number of nitriles is 1. The Morgan fingerprint density at radius 1 is 1.00 bits per heavy atom. The summed E-state index contributed by atoms with van der Waals surface area (Å²) in [5.74, 6) is 0.